The molecule has 0 fully saturated rings. The molecule has 234 valence electrons. The van der Waals surface area contributed by atoms with Crippen LogP contribution in [0.5, 0.6) is 0 Å². The van der Waals surface area contributed by atoms with Crippen molar-refractivity contribution in [2.24, 2.45) is 23.5 Å². The average Bonchev–Trinajstić information content (AvgIpc) is 2.88. The number of carbonyl (C=O) groups excluding carboxylic acids is 3. The molecule has 0 aromatic carbocycles. The Morgan fingerprint density at radius 1 is 1.02 bits per heavy atom. The lowest BCUT2D eigenvalue weighted by molar-refractivity contribution is -0.163. The van der Waals surface area contributed by atoms with Gasteiger partial charge in [-0.2, -0.15) is 0 Å². The van der Waals surface area contributed by atoms with Crippen molar-refractivity contribution < 1.29 is 33.7 Å². The molecule has 7 unspecified atom stereocenters. The highest BCUT2D eigenvalue weighted by atomic mass is 16.6. The molecule has 1 rings (SSSR count). The van der Waals surface area contributed by atoms with Gasteiger partial charge in [0.2, 0.25) is 0 Å². The van der Waals surface area contributed by atoms with Crippen LogP contribution in [0.2, 0.25) is 0 Å². The number of cyclic esters (lactones) is 1. The summed E-state index contributed by atoms with van der Waals surface area (Å²) in [5.41, 5.74) is 6.30. The third kappa shape index (κ3) is 16.4. The lowest BCUT2D eigenvalue weighted by atomic mass is 9.89. The largest absolute Gasteiger partial charge is 0.462 e. The Hall–Kier alpha value is -2.61. The van der Waals surface area contributed by atoms with Crippen LogP contribution in [0.15, 0.2) is 36.0 Å². The van der Waals surface area contributed by atoms with Crippen LogP contribution >= 0.6 is 0 Å². The Balaban J connectivity index is 3.20. The smallest absolute Gasteiger partial charge is 0.404 e. The number of primary amides is 1. The minimum atomic E-state index is -0.923. The van der Waals surface area contributed by atoms with Crippen molar-refractivity contribution in [1.29, 1.82) is 0 Å². The average molecular weight is 578 g/mol. The molecule has 1 heterocycles. The number of hydrogen-bond donors (Lipinski definition) is 2. The molecule has 1 aliphatic heterocycles. The van der Waals surface area contributed by atoms with Crippen LogP contribution in [0.1, 0.15) is 112 Å². The maximum Gasteiger partial charge on any atom is 0.404 e. The van der Waals surface area contributed by atoms with E-state index in [9.17, 15) is 19.5 Å². The topological polar surface area (TPSA) is 125 Å². The third-order valence-electron chi connectivity index (χ3n) is 7.56. The molecule has 0 bridgehead atoms. The maximum atomic E-state index is 13.4. The molecule has 0 spiro atoms. The van der Waals surface area contributed by atoms with E-state index >= 15 is 0 Å². The molecule has 0 aromatic rings. The van der Waals surface area contributed by atoms with Crippen molar-refractivity contribution in [3.63, 3.8) is 0 Å². The number of nitrogens with two attached hydrogens (primary N) is 1. The molecule has 7 atom stereocenters. The first-order valence-electron chi connectivity index (χ1n) is 15.4. The van der Waals surface area contributed by atoms with E-state index in [2.05, 4.69) is 32.1 Å². The molecule has 1 amide bonds. The first-order valence-corrected chi connectivity index (χ1v) is 15.4. The van der Waals surface area contributed by atoms with E-state index in [-0.39, 0.29) is 11.8 Å². The normalized spacial score (nSPS) is 30.6. The first kappa shape index (κ1) is 36.4. The van der Waals surface area contributed by atoms with Gasteiger partial charge in [-0.05, 0) is 89.5 Å². The highest BCUT2D eigenvalue weighted by Crippen LogP contribution is 2.26. The molecule has 0 aromatic heterocycles. The third-order valence-corrected chi connectivity index (χ3v) is 7.56. The molecule has 3 N–H and O–H groups in total. The van der Waals surface area contributed by atoms with E-state index in [1.54, 1.807) is 6.92 Å². The van der Waals surface area contributed by atoms with E-state index in [4.69, 9.17) is 19.9 Å². The predicted molar refractivity (Wildman–Crippen MR) is 162 cm³/mol. The van der Waals surface area contributed by atoms with Crippen LogP contribution in [-0.2, 0) is 23.8 Å². The molecule has 8 nitrogen and oxygen atoms in total. The Bertz CT molecular complexity index is 881. The Kier molecular flexibility index (Phi) is 18.0. The van der Waals surface area contributed by atoms with Crippen molar-refractivity contribution in [2.75, 3.05) is 0 Å². The van der Waals surface area contributed by atoms with Gasteiger partial charge in [-0.25, -0.2) is 4.79 Å². The number of amides is 1. The summed E-state index contributed by atoms with van der Waals surface area (Å²) in [6.45, 7) is 11.4. The summed E-state index contributed by atoms with van der Waals surface area (Å²) in [7, 11) is 0. The molecular weight excluding hydrogens is 522 g/mol. The van der Waals surface area contributed by atoms with E-state index < -0.39 is 48.4 Å². The lowest BCUT2D eigenvalue weighted by Gasteiger charge is -2.28. The number of hydrogen-bond acceptors (Lipinski definition) is 7. The van der Waals surface area contributed by atoms with Crippen molar-refractivity contribution in [3.8, 4) is 0 Å². The number of rotatable bonds is 8. The van der Waals surface area contributed by atoms with Crippen molar-refractivity contribution in [1.82, 2.24) is 0 Å². The molecule has 0 aliphatic carbocycles. The van der Waals surface area contributed by atoms with Gasteiger partial charge >= 0.3 is 18.0 Å². The van der Waals surface area contributed by atoms with Crippen LogP contribution in [0.3, 0.4) is 0 Å². The van der Waals surface area contributed by atoms with Crippen molar-refractivity contribution in [3.05, 3.63) is 36.0 Å². The van der Waals surface area contributed by atoms with E-state index in [1.165, 1.54) is 19.8 Å². The van der Waals surface area contributed by atoms with Gasteiger partial charge in [0.25, 0.3) is 0 Å². The van der Waals surface area contributed by atoms with Crippen LogP contribution in [0.25, 0.3) is 0 Å². The lowest BCUT2D eigenvalue weighted by Crippen LogP contribution is -2.36. The standard InChI is InChI=1S/C33H55NO7/c1-7-8-9-10-12-15-23(2)20-28-21-24(3)16-13-11-14-17-29(36)30(41-33(34)38)19-18-25(4)22-31(39-27(6)35)26(5)32(37)40-28/h11-13,15,20,24-26,28-31,36H,7-10,14,16-19,21-22H2,1-6H3,(H2,34,38)/b13-11+,15-12+,23-20+. The molecule has 0 saturated carbocycles. The van der Waals surface area contributed by atoms with Crippen molar-refractivity contribution >= 4 is 18.0 Å². The fourth-order valence-corrected chi connectivity index (χ4v) is 5.09. The van der Waals surface area contributed by atoms with E-state index in [0.29, 0.717) is 38.5 Å². The molecule has 1 aliphatic rings. The van der Waals surface area contributed by atoms with Gasteiger partial charge < -0.3 is 25.1 Å². The van der Waals surface area contributed by atoms with Gasteiger partial charge in [0.15, 0.2) is 0 Å². The minimum Gasteiger partial charge on any atom is -0.462 e. The summed E-state index contributed by atoms with van der Waals surface area (Å²) in [5.74, 6) is -1.29. The fourth-order valence-electron chi connectivity index (χ4n) is 5.09. The highest BCUT2D eigenvalue weighted by molar-refractivity contribution is 5.74. The second-order valence-corrected chi connectivity index (χ2v) is 11.8. The number of allylic oxidation sites excluding steroid dienone is 5. The summed E-state index contributed by atoms with van der Waals surface area (Å²) < 4.78 is 16.9. The van der Waals surface area contributed by atoms with Crippen LogP contribution in [0, 0.1) is 17.8 Å². The zero-order valence-electron chi connectivity index (χ0n) is 26.2. The second kappa shape index (κ2) is 20.3. The quantitative estimate of drug-likeness (QED) is 0.105. The number of carbonyl (C=O) groups is 3. The Morgan fingerprint density at radius 2 is 1.76 bits per heavy atom. The van der Waals surface area contributed by atoms with Gasteiger partial charge in [0.05, 0.1) is 12.0 Å². The van der Waals surface area contributed by atoms with Gasteiger partial charge in [-0.15, -0.1) is 0 Å². The number of aliphatic hydroxyl groups excluding tert-OH is 1. The van der Waals surface area contributed by atoms with E-state index in [1.807, 2.05) is 26.0 Å². The van der Waals surface area contributed by atoms with Crippen molar-refractivity contribution in [2.45, 2.75) is 137 Å². The summed E-state index contributed by atoms with van der Waals surface area (Å²) in [6, 6.07) is 0. The monoisotopic (exact) mass is 577 g/mol. The number of unbranched alkanes of at least 4 members (excludes halogenated alkanes) is 3. The number of esters is 2. The summed E-state index contributed by atoms with van der Waals surface area (Å²) in [5, 5.41) is 10.7. The highest BCUT2D eigenvalue weighted by Gasteiger charge is 2.32. The molecule has 41 heavy (non-hydrogen) atoms. The maximum absolute atomic E-state index is 13.4. The van der Waals surface area contributed by atoms with Gasteiger partial charge in [-0.1, -0.05) is 63.5 Å². The number of ether oxygens (including phenoxy) is 3. The summed E-state index contributed by atoms with van der Waals surface area (Å²) in [6.07, 6.45) is 15.3. The van der Waals surface area contributed by atoms with Crippen LogP contribution < -0.4 is 5.73 Å². The fraction of sp³-hybridized carbons (Fsp3) is 0.727. The molecule has 0 radical (unpaired) electrons. The second-order valence-electron chi connectivity index (χ2n) is 11.8. The van der Waals surface area contributed by atoms with Crippen LogP contribution in [0.4, 0.5) is 4.79 Å². The molecule has 8 heteroatoms. The summed E-state index contributed by atoms with van der Waals surface area (Å²) >= 11 is 0. The van der Waals surface area contributed by atoms with Gasteiger partial charge in [0, 0.05) is 6.92 Å². The summed E-state index contributed by atoms with van der Waals surface area (Å²) in [4.78, 5) is 36.8. The van der Waals surface area contributed by atoms with Gasteiger partial charge in [-0.3, -0.25) is 9.59 Å². The van der Waals surface area contributed by atoms with Crippen LogP contribution in [-0.4, -0.2) is 47.6 Å². The minimum absolute atomic E-state index is 0.00959. The predicted octanol–water partition coefficient (Wildman–Crippen LogP) is 6.95. The SMILES string of the molecule is CCCCC/C=C/C(C)=C/C1CC(C)C/C=C/CCC(O)C(OC(N)=O)CCC(C)CC(OC(C)=O)C(C)C(=O)O1. The van der Waals surface area contributed by atoms with E-state index in [0.717, 1.165) is 24.8 Å². The zero-order valence-corrected chi connectivity index (χ0v) is 26.2. The first-order chi connectivity index (χ1) is 19.4. The molecular formula is C33H55NO7. The Morgan fingerprint density at radius 3 is 2.41 bits per heavy atom. The number of aliphatic hydroxyl groups is 1. The Labute approximate surface area is 247 Å². The zero-order chi connectivity index (χ0) is 30.8. The van der Waals surface area contributed by atoms with Gasteiger partial charge in [0.1, 0.15) is 18.3 Å². The molecule has 0 saturated heterocycles.